The molecule has 0 aromatic heterocycles. The molecule has 13 heavy (non-hydrogen) atoms. The molecule has 0 unspecified atom stereocenters. The summed E-state index contributed by atoms with van der Waals surface area (Å²) in [7, 11) is 0. The largest absolute Gasteiger partial charge is 0.395 e. The van der Waals surface area contributed by atoms with Gasteiger partial charge in [0.1, 0.15) is 5.82 Å². The van der Waals surface area contributed by atoms with E-state index in [1.807, 2.05) is 19.9 Å². The smallest absolute Gasteiger partial charge is 0.129 e. The topological polar surface area (TPSA) is 20.2 Å². The Balaban J connectivity index is 3.22. The van der Waals surface area contributed by atoms with Gasteiger partial charge in [-0.15, -0.1) is 0 Å². The van der Waals surface area contributed by atoms with Gasteiger partial charge < -0.3 is 5.11 Å². The van der Waals surface area contributed by atoms with Gasteiger partial charge in [0.2, 0.25) is 0 Å². The van der Waals surface area contributed by atoms with Crippen LogP contribution in [0.3, 0.4) is 0 Å². The van der Waals surface area contributed by atoms with Crippen molar-refractivity contribution < 1.29 is 9.50 Å². The highest BCUT2D eigenvalue weighted by molar-refractivity contribution is 5.30. The van der Waals surface area contributed by atoms with Crippen LogP contribution in [0.5, 0.6) is 0 Å². The van der Waals surface area contributed by atoms with Gasteiger partial charge in [-0.05, 0) is 18.1 Å². The minimum atomic E-state index is -0.504. The van der Waals surface area contributed by atoms with Crippen molar-refractivity contribution in [1.29, 1.82) is 0 Å². The molecule has 0 amide bonds. The third-order valence-corrected chi connectivity index (χ3v) is 2.32. The highest BCUT2D eigenvalue weighted by Crippen LogP contribution is 2.26. The zero-order chi connectivity index (χ0) is 10.1. The summed E-state index contributed by atoms with van der Waals surface area (Å²) in [6, 6.07) is 5.26. The van der Waals surface area contributed by atoms with Gasteiger partial charge in [-0.1, -0.05) is 32.0 Å². The minimum absolute atomic E-state index is 0.0482. The SMILES string of the molecule is Cc1cccc(C(C)(C)CO)c1F. The van der Waals surface area contributed by atoms with Crippen LogP contribution in [0.15, 0.2) is 18.2 Å². The van der Waals surface area contributed by atoms with E-state index in [2.05, 4.69) is 0 Å². The van der Waals surface area contributed by atoms with Crippen LogP contribution in [0, 0.1) is 12.7 Å². The Bertz CT molecular complexity index is 305. The van der Waals surface area contributed by atoms with Gasteiger partial charge in [-0.3, -0.25) is 0 Å². The van der Waals surface area contributed by atoms with Crippen molar-refractivity contribution in [3.05, 3.63) is 35.1 Å². The summed E-state index contributed by atoms with van der Waals surface area (Å²) in [5, 5.41) is 9.10. The van der Waals surface area contributed by atoms with E-state index < -0.39 is 5.41 Å². The summed E-state index contributed by atoms with van der Waals surface area (Å²) in [5.41, 5.74) is 0.699. The van der Waals surface area contributed by atoms with Crippen molar-refractivity contribution in [2.45, 2.75) is 26.2 Å². The maximum Gasteiger partial charge on any atom is 0.129 e. The first-order valence-corrected chi connectivity index (χ1v) is 4.35. The van der Waals surface area contributed by atoms with Crippen LogP contribution >= 0.6 is 0 Å². The molecule has 0 spiro atoms. The molecule has 0 atom stereocenters. The van der Waals surface area contributed by atoms with Gasteiger partial charge in [0.15, 0.2) is 0 Å². The van der Waals surface area contributed by atoms with Crippen LogP contribution in [0.2, 0.25) is 0 Å². The lowest BCUT2D eigenvalue weighted by molar-refractivity contribution is 0.215. The average Bonchev–Trinajstić information content (AvgIpc) is 2.09. The third-order valence-electron chi connectivity index (χ3n) is 2.32. The van der Waals surface area contributed by atoms with Gasteiger partial charge >= 0.3 is 0 Å². The number of halogens is 1. The predicted octanol–water partition coefficient (Wildman–Crippen LogP) is 2.40. The van der Waals surface area contributed by atoms with Crippen molar-refractivity contribution in [2.75, 3.05) is 6.61 Å². The van der Waals surface area contributed by atoms with E-state index in [-0.39, 0.29) is 12.4 Å². The molecule has 1 aromatic rings. The minimum Gasteiger partial charge on any atom is -0.395 e. The second kappa shape index (κ2) is 3.46. The summed E-state index contributed by atoms with van der Waals surface area (Å²) < 4.78 is 13.6. The Hall–Kier alpha value is -0.890. The first-order valence-electron chi connectivity index (χ1n) is 4.35. The fourth-order valence-corrected chi connectivity index (χ4v) is 1.26. The molecule has 0 radical (unpaired) electrons. The van der Waals surface area contributed by atoms with Crippen LogP contribution in [0.1, 0.15) is 25.0 Å². The Morgan fingerprint density at radius 2 is 2.00 bits per heavy atom. The first kappa shape index (κ1) is 10.2. The lowest BCUT2D eigenvalue weighted by Gasteiger charge is -2.23. The molecule has 0 aliphatic heterocycles. The Morgan fingerprint density at radius 1 is 1.38 bits per heavy atom. The highest BCUT2D eigenvalue weighted by Gasteiger charge is 2.23. The molecule has 2 heteroatoms. The molecule has 1 rings (SSSR count). The normalized spacial score (nSPS) is 11.8. The first-order chi connectivity index (χ1) is 5.99. The summed E-state index contributed by atoms with van der Waals surface area (Å²) in [5.74, 6) is -0.207. The summed E-state index contributed by atoms with van der Waals surface area (Å²) >= 11 is 0. The molecule has 1 nitrogen and oxygen atoms in total. The maximum atomic E-state index is 13.6. The van der Waals surface area contributed by atoms with Crippen LogP contribution in [0.25, 0.3) is 0 Å². The number of aryl methyl sites for hydroxylation is 1. The Morgan fingerprint density at radius 3 is 2.54 bits per heavy atom. The number of aliphatic hydroxyl groups is 1. The van der Waals surface area contributed by atoms with E-state index in [1.54, 1.807) is 19.1 Å². The second-order valence-corrected chi connectivity index (χ2v) is 3.98. The number of benzene rings is 1. The molecule has 0 fully saturated rings. The van der Waals surface area contributed by atoms with E-state index in [1.165, 1.54) is 0 Å². The molecular weight excluding hydrogens is 167 g/mol. The molecule has 0 heterocycles. The van der Waals surface area contributed by atoms with Gasteiger partial charge in [0.05, 0.1) is 6.61 Å². The van der Waals surface area contributed by atoms with Crippen molar-refractivity contribution in [2.24, 2.45) is 0 Å². The molecular formula is C11H15FO. The number of hydrogen-bond donors (Lipinski definition) is 1. The fourth-order valence-electron chi connectivity index (χ4n) is 1.26. The average molecular weight is 182 g/mol. The molecule has 1 aromatic carbocycles. The van der Waals surface area contributed by atoms with Crippen molar-refractivity contribution in [3.63, 3.8) is 0 Å². The van der Waals surface area contributed by atoms with Crippen molar-refractivity contribution in [1.82, 2.24) is 0 Å². The van der Waals surface area contributed by atoms with Crippen molar-refractivity contribution >= 4 is 0 Å². The molecule has 0 bridgehead atoms. The van der Waals surface area contributed by atoms with Gasteiger partial charge in [-0.2, -0.15) is 0 Å². The number of rotatable bonds is 2. The van der Waals surface area contributed by atoms with E-state index >= 15 is 0 Å². The fraction of sp³-hybridized carbons (Fsp3) is 0.455. The second-order valence-electron chi connectivity index (χ2n) is 3.98. The molecule has 0 saturated carbocycles. The van der Waals surface area contributed by atoms with E-state index in [4.69, 9.17) is 5.11 Å². The predicted molar refractivity (Wildman–Crippen MR) is 51.2 cm³/mol. The summed E-state index contributed by atoms with van der Waals surface area (Å²) in [4.78, 5) is 0. The maximum absolute atomic E-state index is 13.6. The Labute approximate surface area is 78.2 Å². The molecule has 0 saturated heterocycles. The summed E-state index contributed by atoms with van der Waals surface area (Å²) in [6.07, 6.45) is 0. The van der Waals surface area contributed by atoms with Crippen LogP contribution in [-0.4, -0.2) is 11.7 Å². The van der Waals surface area contributed by atoms with Gasteiger partial charge in [-0.25, -0.2) is 4.39 Å². The summed E-state index contributed by atoms with van der Waals surface area (Å²) in [6.45, 7) is 5.33. The van der Waals surface area contributed by atoms with E-state index in [0.717, 1.165) is 0 Å². The lowest BCUT2D eigenvalue weighted by atomic mass is 9.84. The molecule has 72 valence electrons. The number of aliphatic hydroxyl groups excluding tert-OH is 1. The van der Waals surface area contributed by atoms with E-state index in [9.17, 15) is 4.39 Å². The Kier molecular flexibility index (Phi) is 2.71. The zero-order valence-corrected chi connectivity index (χ0v) is 8.26. The number of hydrogen-bond acceptors (Lipinski definition) is 1. The van der Waals surface area contributed by atoms with Crippen LogP contribution in [-0.2, 0) is 5.41 Å². The lowest BCUT2D eigenvalue weighted by Crippen LogP contribution is -2.23. The molecule has 1 N–H and O–H groups in total. The van der Waals surface area contributed by atoms with Crippen molar-refractivity contribution in [3.8, 4) is 0 Å². The highest BCUT2D eigenvalue weighted by atomic mass is 19.1. The third kappa shape index (κ3) is 1.89. The van der Waals surface area contributed by atoms with Gasteiger partial charge in [0.25, 0.3) is 0 Å². The standard InChI is InChI=1S/C11H15FO/c1-8-5-4-6-9(10(8)12)11(2,3)7-13/h4-6,13H,7H2,1-3H3. The quantitative estimate of drug-likeness (QED) is 0.744. The van der Waals surface area contributed by atoms with Crippen LogP contribution in [0.4, 0.5) is 4.39 Å². The van der Waals surface area contributed by atoms with Gasteiger partial charge in [0, 0.05) is 5.41 Å². The zero-order valence-electron chi connectivity index (χ0n) is 8.26. The van der Waals surface area contributed by atoms with Crippen LogP contribution < -0.4 is 0 Å². The van der Waals surface area contributed by atoms with E-state index in [0.29, 0.717) is 11.1 Å². The monoisotopic (exact) mass is 182 g/mol. The molecule has 0 aliphatic carbocycles. The molecule has 0 aliphatic rings.